The summed E-state index contributed by atoms with van der Waals surface area (Å²) in [4.78, 5) is 24.4. The minimum absolute atomic E-state index is 0.271. The van der Waals surface area contributed by atoms with Gasteiger partial charge in [-0.2, -0.15) is 0 Å². The summed E-state index contributed by atoms with van der Waals surface area (Å²) in [6, 6.07) is 8.43. The molecule has 5 nitrogen and oxygen atoms in total. The molecule has 6 heteroatoms. The first kappa shape index (κ1) is 16.3. The number of hydrogen-bond acceptors (Lipinski definition) is 5. The van der Waals surface area contributed by atoms with Gasteiger partial charge in [0.05, 0.1) is 11.9 Å². The lowest BCUT2D eigenvalue weighted by Crippen LogP contribution is -2.13. The molecule has 1 N–H and O–H groups in total. The highest BCUT2D eigenvalue weighted by molar-refractivity contribution is 7.14. The standard InChI is InChI=1S/C18H18N4OS/c1-3-12(2)13-4-6-14(7-5-13)16-11-24-18(21-16)22-17(23)15-10-19-8-9-20-15/h4-12H,3H2,1-2H3,(H,21,22,23). The third-order valence-electron chi connectivity index (χ3n) is 3.91. The van der Waals surface area contributed by atoms with E-state index >= 15 is 0 Å². The van der Waals surface area contributed by atoms with E-state index in [2.05, 4.69) is 58.4 Å². The Balaban J connectivity index is 1.72. The molecule has 0 aliphatic heterocycles. The Labute approximate surface area is 144 Å². The van der Waals surface area contributed by atoms with Crippen molar-refractivity contribution >= 4 is 22.4 Å². The maximum atomic E-state index is 12.1. The van der Waals surface area contributed by atoms with Gasteiger partial charge in [-0.1, -0.05) is 38.1 Å². The molecule has 2 heterocycles. The molecular formula is C18H18N4OS. The van der Waals surface area contributed by atoms with Crippen molar-refractivity contribution in [2.45, 2.75) is 26.2 Å². The molecule has 1 aromatic carbocycles. The molecule has 122 valence electrons. The smallest absolute Gasteiger partial charge is 0.277 e. The molecule has 2 aromatic heterocycles. The van der Waals surface area contributed by atoms with E-state index in [9.17, 15) is 4.79 Å². The van der Waals surface area contributed by atoms with Crippen LogP contribution in [0.2, 0.25) is 0 Å². The third kappa shape index (κ3) is 3.65. The highest BCUT2D eigenvalue weighted by Gasteiger charge is 2.11. The number of nitrogens with zero attached hydrogens (tertiary/aromatic N) is 3. The molecular weight excluding hydrogens is 320 g/mol. The first-order chi connectivity index (χ1) is 11.7. The molecule has 0 spiro atoms. The van der Waals surface area contributed by atoms with Crippen LogP contribution >= 0.6 is 11.3 Å². The predicted octanol–water partition coefficient (Wildman–Crippen LogP) is 4.37. The molecule has 0 fully saturated rings. The molecule has 1 atom stereocenters. The molecule has 24 heavy (non-hydrogen) atoms. The zero-order valence-corrected chi connectivity index (χ0v) is 14.4. The van der Waals surface area contributed by atoms with Gasteiger partial charge in [-0.3, -0.25) is 15.1 Å². The molecule has 0 saturated carbocycles. The van der Waals surface area contributed by atoms with E-state index in [-0.39, 0.29) is 11.6 Å². The van der Waals surface area contributed by atoms with E-state index in [0.29, 0.717) is 11.0 Å². The van der Waals surface area contributed by atoms with Gasteiger partial charge in [-0.15, -0.1) is 11.3 Å². The number of anilines is 1. The van der Waals surface area contributed by atoms with Gasteiger partial charge in [0.15, 0.2) is 5.13 Å². The second-order valence-electron chi connectivity index (χ2n) is 5.51. The van der Waals surface area contributed by atoms with Crippen molar-refractivity contribution in [1.82, 2.24) is 15.0 Å². The molecule has 0 radical (unpaired) electrons. The Morgan fingerprint density at radius 3 is 2.71 bits per heavy atom. The van der Waals surface area contributed by atoms with Crippen molar-refractivity contribution in [2.75, 3.05) is 5.32 Å². The lowest BCUT2D eigenvalue weighted by molar-refractivity contribution is 0.102. The zero-order valence-electron chi connectivity index (χ0n) is 13.6. The second-order valence-corrected chi connectivity index (χ2v) is 6.37. The van der Waals surface area contributed by atoms with Gasteiger partial charge in [0.1, 0.15) is 5.69 Å². The minimum Gasteiger partial charge on any atom is -0.296 e. The van der Waals surface area contributed by atoms with Gasteiger partial charge in [0.2, 0.25) is 0 Å². The van der Waals surface area contributed by atoms with Crippen molar-refractivity contribution in [3.63, 3.8) is 0 Å². The number of carbonyl (C=O) groups excluding carboxylic acids is 1. The normalized spacial score (nSPS) is 11.9. The van der Waals surface area contributed by atoms with Crippen LogP contribution in [0.25, 0.3) is 11.3 Å². The van der Waals surface area contributed by atoms with Crippen LogP contribution in [0.3, 0.4) is 0 Å². The number of benzene rings is 1. The highest BCUT2D eigenvalue weighted by atomic mass is 32.1. The van der Waals surface area contributed by atoms with E-state index in [0.717, 1.165) is 17.7 Å². The third-order valence-corrected chi connectivity index (χ3v) is 4.67. The average molecular weight is 338 g/mol. The van der Waals surface area contributed by atoms with Crippen LogP contribution in [0, 0.1) is 0 Å². The number of amides is 1. The van der Waals surface area contributed by atoms with Crippen LogP contribution in [0.15, 0.2) is 48.2 Å². The van der Waals surface area contributed by atoms with Gasteiger partial charge in [0, 0.05) is 23.3 Å². The second kappa shape index (κ2) is 7.31. The summed E-state index contributed by atoms with van der Waals surface area (Å²) in [5.74, 6) is 0.243. The molecule has 0 bridgehead atoms. The van der Waals surface area contributed by atoms with Gasteiger partial charge < -0.3 is 0 Å². The van der Waals surface area contributed by atoms with Gasteiger partial charge in [-0.25, -0.2) is 9.97 Å². The molecule has 3 rings (SSSR count). The monoisotopic (exact) mass is 338 g/mol. The fourth-order valence-corrected chi connectivity index (χ4v) is 2.97. The molecule has 3 aromatic rings. The Kier molecular flexibility index (Phi) is 4.96. The van der Waals surface area contributed by atoms with Gasteiger partial charge >= 0.3 is 0 Å². The highest BCUT2D eigenvalue weighted by Crippen LogP contribution is 2.27. The van der Waals surface area contributed by atoms with Crippen LogP contribution in [-0.4, -0.2) is 20.9 Å². The number of aromatic nitrogens is 3. The summed E-state index contributed by atoms with van der Waals surface area (Å²) in [6.45, 7) is 4.41. The number of rotatable bonds is 5. The first-order valence-electron chi connectivity index (χ1n) is 7.80. The van der Waals surface area contributed by atoms with Crippen LogP contribution in [0.4, 0.5) is 5.13 Å². The van der Waals surface area contributed by atoms with Crippen LogP contribution in [0.5, 0.6) is 0 Å². The van der Waals surface area contributed by atoms with Crippen molar-refractivity contribution < 1.29 is 4.79 Å². The summed E-state index contributed by atoms with van der Waals surface area (Å²) in [5.41, 5.74) is 3.49. The predicted molar refractivity (Wildman–Crippen MR) is 96.2 cm³/mol. The number of nitrogens with one attached hydrogen (secondary N) is 1. The molecule has 0 aliphatic carbocycles. The molecule has 1 amide bonds. The summed E-state index contributed by atoms with van der Waals surface area (Å²) in [7, 11) is 0. The molecule has 0 aliphatic rings. The lowest BCUT2D eigenvalue weighted by atomic mass is 9.97. The largest absolute Gasteiger partial charge is 0.296 e. The van der Waals surface area contributed by atoms with Crippen molar-refractivity contribution in [3.05, 3.63) is 59.5 Å². The maximum absolute atomic E-state index is 12.1. The fraction of sp³-hybridized carbons (Fsp3) is 0.222. The SMILES string of the molecule is CCC(C)c1ccc(-c2csc(NC(=O)c3cnccn3)n2)cc1. The number of hydrogen-bond donors (Lipinski definition) is 1. The van der Waals surface area contributed by atoms with E-state index in [1.54, 1.807) is 0 Å². The van der Waals surface area contributed by atoms with E-state index in [4.69, 9.17) is 0 Å². The van der Waals surface area contributed by atoms with Gasteiger partial charge in [0.25, 0.3) is 5.91 Å². The first-order valence-corrected chi connectivity index (χ1v) is 8.68. The van der Waals surface area contributed by atoms with Crippen molar-refractivity contribution in [2.24, 2.45) is 0 Å². The lowest BCUT2D eigenvalue weighted by Gasteiger charge is -2.08. The fourth-order valence-electron chi connectivity index (χ4n) is 2.26. The average Bonchev–Trinajstić information content (AvgIpc) is 3.10. The van der Waals surface area contributed by atoms with Crippen molar-refractivity contribution in [1.29, 1.82) is 0 Å². The molecule has 1 unspecified atom stereocenters. The maximum Gasteiger partial charge on any atom is 0.277 e. The number of carbonyl (C=O) groups is 1. The Hall–Kier alpha value is -2.60. The summed E-state index contributed by atoms with van der Waals surface area (Å²) in [6.07, 6.45) is 5.56. The zero-order chi connectivity index (χ0) is 16.9. The van der Waals surface area contributed by atoms with Crippen LogP contribution < -0.4 is 5.32 Å². The topological polar surface area (TPSA) is 67.8 Å². The van der Waals surface area contributed by atoms with Crippen LogP contribution in [-0.2, 0) is 0 Å². The summed E-state index contributed by atoms with van der Waals surface area (Å²) < 4.78 is 0. The van der Waals surface area contributed by atoms with E-state index < -0.39 is 0 Å². The Morgan fingerprint density at radius 2 is 2.04 bits per heavy atom. The van der Waals surface area contributed by atoms with Crippen molar-refractivity contribution in [3.8, 4) is 11.3 Å². The number of thiazole rings is 1. The van der Waals surface area contributed by atoms with Crippen LogP contribution in [0.1, 0.15) is 42.2 Å². The summed E-state index contributed by atoms with van der Waals surface area (Å²) >= 11 is 1.39. The van der Waals surface area contributed by atoms with E-state index in [1.165, 1.54) is 35.5 Å². The van der Waals surface area contributed by atoms with E-state index in [1.807, 2.05) is 5.38 Å². The summed E-state index contributed by atoms with van der Waals surface area (Å²) in [5, 5.41) is 5.24. The Bertz CT molecular complexity index is 815. The quantitative estimate of drug-likeness (QED) is 0.750. The molecule has 0 saturated heterocycles. The Morgan fingerprint density at radius 1 is 1.25 bits per heavy atom. The van der Waals surface area contributed by atoms with Gasteiger partial charge in [-0.05, 0) is 17.9 Å². The minimum atomic E-state index is -0.309.